The summed E-state index contributed by atoms with van der Waals surface area (Å²) in [7, 11) is 0. The Morgan fingerprint density at radius 2 is 2.15 bits per heavy atom. The highest BCUT2D eigenvalue weighted by atomic mass is 35.5. The quantitative estimate of drug-likeness (QED) is 0.693. The van der Waals surface area contributed by atoms with Gasteiger partial charge in [-0.15, -0.1) is 0 Å². The Kier molecular flexibility index (Phi) is 3.54. The highest BCUT2D eigenvalue weighted by molar-refractivity contribution is 6.32. The van der Waals surface area contributed by atoms with Gasteiger partial charge < -0.3 is 15.9 Å². The highest BCUT2D eigenvalue weighted by Gasteiger charge is 2.11. The second-order valence-corrected chi connectivity index (χ2v) is 3.18. The number of rotatable bonds is 3. The minimum absolute atomic E-state index is 0.00709. The molecule has 3 nitrogen and oxygen atoms in total. The molecule has 1 rings (SSSR count). The van der Waals surface area contributed by atoms with Crippen LogP contribution in [0.3, 0.4) is 0 Å². The molecule has 0 unspecified atom stereocenters. The lowest BCUT2D eigenvalue weighted by atomic mass is 10.0. The number of benzene rings is 1. The molecule has 72 valence electrons. The van der Waals surface area contributed by atoms with Crippen LogP contribution < -0.4 is 5.73 Å². The van der Waals surface area contributed by atoms with E-state index in [-0.39, 0.29) is 23.4 Å². The number of nitrogens with two attached hydrogens (primary N) is 1. The van der Waals surface area contributed by atoms with Gasteiger partial charge in [0, 0.05) is 12.6 Å². The van der Waals surface area contributed by atoms with E-state index in [9.17, 15) is 5.11 Å². The monoisotopic (exact) mass is 201 g/mol. The molecule has 0 fully saturated rings. The number of aliphatic hydroxyl groups excluding tert-OH is 1. The summed E-state index contributed by atoms with van der Waals surface area (Å²) in [5.41, 5.74) is 6.38. The first-order valence-electron chi connectivity index (χ1n) is 4.00. The third-order valence-electron chi connectivity index (χ3n) is 1.85. The van der Waals surface area contributed by atoms with E-state index in [1.54, 1.807) is 12.1 Å². The Balaban J connectivity index is 2.93. The molecule has 0 spiro atoms. The molecule has 1 atom stereocenters. The molecular formula is C9H12ClNO2. The van der Waals surface area contributed by atoms with Gasteiger partial charge >= 0.3 is 0 Å². The maximum atomic E-state index is 9.27. The summed E-state index contributed by atoms with van der Waals surface area (Å²) in [6.45, 7) is 0.00709. The lowest BCUT2D eigenvalue weighted by Gasteiger charge is -2.12. The molecular weight excluding hydrogens is 190 g/mol. The van der Waals surface area contributed by atoms with Crippen LogP contribution in [-0.2, 0) is 0 Å². The average molecular weight is 202 g/mol. The van der Waals surface area contributed by atoms with Crippen molar-refractivity contribution in [1.82, 2.24) is 0 Å². The van der Waals surface area contributed by atoms with Crippen LogP contribution in [0.15, 0.2) is 18.2 Å². The number of halogens is 1. The van der Waals surface area contributed by atoms with Gasteiger partial charge in [-0.3, -0.25) is 0 Å². The minimum atomic E-state index is -0.329. The Morgan fingerprint density at radius 1 is 1.46 bits per heavy atom. The Bertz CT molecular complexity index is 291. The highest BCUT2D eigenvalue weighted by Crippen LogP contribution is 2.30. The molecule has 1 aromatic carbocycles. The standard InChI is InChI=1S/C9H12ClNO2/c10-9-6(7(11)4-5-12)2-1-3-8(9)13/h1-3,7,12-13H,4-5,11H2/t7-/m0/s1. The third kappa shape index (κ3) is 2.34. The molecule has 0 saturated carbocycles. The van der Waals surface area contributed by atoms with Crippen LogP contribution in [0.2, 0.25) is 5.02 Å². The van der Waals surface area contributed by atoms with Crippen molar-refractivity contribution in [3.05, 3.63) is 28.8 Å². The smallest absolute Gasteiger partial charge is 0.134 e. The molecule has 0 radical (unpaired) electrons. The van der Waals surface area contributed by atoms with Gasteiger partial charge in [-0.2, -0.15) is 0 Å². The van der Waals surface area contributed by atoms with Gasteiger partial charge in [0.25, 0.3) is 0 Å². The zero-order valence-electron chi connectivity index (χ0n) is 7.07. The predicted molar refractivity (Wildman–Crippen MR) is 51.7 cm³/mol. The molecule has 0 amide bonds. The largest absolute Gasteiger partial charge is 0.506 e. The van der Waals surface area contributed by atoms with Crippen LogP contribution in [0.1, 0.15) is 18.0 Å². The van der Waals surface area contributed by atoms with Gasteiger partial charge in [0.1, 0.15) is 5.75 Å². The van der Waals surface area contributed by atoms with Crippen molar-refractivity contribution in [2.45, 2.75) is 12.5 Å². The fourth-order valence-corrected chi connectivity index (χ4v) is 1.38. The topological polar surface area (TPSA) is 66.5 Å². The van der Waals surface area contributed by atoms with Crippen LogP contribution in [0.4, 0.5) is 0 Å². The van der Waals surface area contributed by atoms with Gasteiger partial charge in [-0.1, -0.05) is 23.7 Å². The van der Waals surface area contributed by atoms with Crippen molar-refractivity contribution in [2.75, 3.05) is 6.61 Å². The Morgan fingerprint density at radius 3 is 2.77 bits per heavy atom. The predicted octanol–water partition coefficient (Wildman–Crippen LogP) is 1.43. The number of aromatic hydroxyl groups is 1. The van der Waals surface area contributed by atoms with Gasteiger partial charge in [-0.25, -0.2) is 0 Å². The maximum Gasteiger partial charge on any atom is 0.134 e. The van der Waals surface area contributed by atoms with Gasteiger partial charge in [0.05, 0.1) is 5.02 Å². The molecule has 0 saturated heterocycles. The summed E-state index contributed by atoms with van der Waals surface area (Å²) in [6.07, 6.45) is 0.434. The fraction of sp³-hybridized carbons (Fsp3) is 0.333. The molecule has 0 aromatic heterocycles. The minimum Gasteiger partial charge on any atom is -0.506 e. The number of hydrogen-bond donors (Lipinski definition) is 3. The van der Waals surface area contributed by atoms with E-state index in [2.05, 4.69) is 0 Å². The van der Waals surface area contributed by atoms with Crippen LogP contribution in [-0.4, -0.2) is 16.8 Å². The molecule has 4 N–H and O–H groups in total. The van der Waals surface area contributed by atoms with Crippen molar-refractivity contribution in [2.24, 2.45) is 5.73 Å². The molecule has 0 aliphatic carbocycles. The summed E-state index contributed by atoms with van der Waals surface area (Å²) in [5.74, 6) is 0.0209. The summed E-state index contributed by atoms with van der Waals surface area (Å²) >= 11 is 5.81. The zero-order valence-corrected chi connectivity index (χ0v) is 7.83. The lowest BCUT2D eigenvalue weighted by Crippen LogP contribution is -2.12. The van der Waals surface area contributed by atoms with Crippen molar-refractivity contribution in [3.8, 4) is 5.75 Å². The van der Waals surface area contributed by atoms with E-state index in [1.807, 2.05) is 0 Å². The lowest BCUT2D eigenvalue weighted by molar-refractivity contribution is 0.276. The van der Waals surface area contributed by atoms with Gasteiger partial charge in [0.2, 0.25) is 0 Å². The van der Waals surface area contributed by atoms with Crippen LogP contribution in [0.5, 0.6) is 5.75 Å². The fourth-order valence-electron chi connectivity index (χ4n) is 1.12. The van der Waals surface area contributed by atoms with Crippen LogP contribution in [0.25, 0.3) is 0 Å². The molecule has 13 heavy (non-hydrogen) atoms. The van der Waals surface area contributed by atoms with E-state index < -0.39 is 0 Å². The first kappa shape index (κ1) is 10.3. The third-order valence-corrected chi connectivity index (χ3v) is 2.26. The van der Waals surface area contributed by atoms with E-state index in [0.29, 0.717) is 12.0 Å². The number of aliphatic hydroxyl groups is 1. The normalized spacial score (nSPS) is 12.8. The van der Waals surface area contributed by atoms with Crippen molar-refractivity contribution in [3.63, 3.8) is 0 Å². The molecule has 0 aliphatic rings. The molecule has 0 aliphatic heterocycles. The Hall–Kier alpha value is -0.770. The van der Waals surface area contributed by atoms with E-state index in [1.165, 1.54) is 6.07 Å². The first-order chi connectivity index (χ1) is 6.16. The van der Waals surface area contributed by atoms with E-state index >= 15 is 0 Å². The second kappa shape index (κ2) is 4.46. The number of hydrogen-bond acceptors (Lipinski definition) is 3. The van der Waals surface area contributed by atoms with Crippen LogP contribution >= 0.6 is 11.6 Å². The summed E-state index contributed by atoms with van der Waals surface area (Å²) in [6, 6.07) is 4.58. The second-order valence-electron chi connectivity index (χ2n) is 2.80. The van der Waals surface area contributed by atoms with E-state index in [4.69, 9.17) is 22.4 Å². The van der Waals surface area contributed by atoms with Crippen molar-refractivity contribution < 1.29 is 10.2 Å². The average Bonchev–Trinajstić information content (AvgIpc) is 2.10. The summed E-state index contributed by atoms with van der Waals surface area (Å²) in [5, 5.41) is 18.2. The molecule has 1 aromatic rings. The first-order valence-corrected chi connectivity index (χ1v) is 4.38. The SMILES string of the molecule is N[C@@H](CCO)c1cccc(O)c1Cl. The maximum absolute atomic E-state index is 9.27. The summed E-state index contributed by atoms with van der Waals surface area (Å²) < 4.78 is 0. The molecule has 0 bridgehead atoms. The van der Waals surface area contributed by atoms with Gasteiger partial charge in [0.15, 0.2) is 0 Å². The Labute approximate surface area is 81.8 Å². The summed E-state index contributed by atoms with van der Waals surface area (Å²) in [4.78, 5) is 0. The zero-order chi connectivity index (χ0) is 9.84. The number of phenols is 1. The van der Waals surface area contributed by atoms with Crippen molar-refractivity contribution >= 4 is 11.6 Å². The number of phenolic OH excluding ortho intramolecular Hbond substituents is 1. The molecule has 4 heteroatoms. The van der Waals surface area contributed by atoms with Crippen LogP contribution in [0, 0.1) is 0 Å². The van der Waals surface area contributed by atoms with Crippen molar-refractivity contribution in [1.29, 1.82) is 0 Å². The van der Waals surface area contributed by atoms with Gasteiger partial charge in [-0.05, 0) is 18.1 Å². The van der Waals surface area contributed by atoms with E-state index in [0.717, 1.165) is 0 Å². The molecule has 0 heterocycles.